The van der Waals surface area contributed by atoms with Crippen molar-refractivity contribution in [2.24, 2.45) is 0 Å². The van der Waals surface area contributed by atoms with Crippen molar-refractivity contribution in [3.8, 4) is 0 Å². The molecular formula is C13H22N4O. The van der Waals surface area contributed by atoms with Crippen molar-refractivity contribution in [3.63, 3.8) is 0 Å². The van der Waals surface area contributed by atoms with E-state index in [9.17, 15) is 0 Å². The Morgan fingerprint density at radius 3 is 3.00 bits per heavy atom. The maximum atomic E-state index is 5.87. The van der Waals surface area contributed by atoms with Crippen LogP contribution < -0.4 is 5.32 Å². The maximum Gasteiger partial charge on any atom is 0.129 e. The van der Waals surface area contributed by atoms with Gasteiger partial charge in [0.15, 0.2) is 0 Å². The SMILES string of the molecule is CN1CCC(OCCCNc2ccncn2)CC1. The summed E-state index contributed by atoms with van der Waals surface area (Å²) in [4.78, 5) is 10.3. The van der Waals surface area contributed by atoms with Crippen molar-refractivity contribution in [3.05, 3.63) is 18.6 Å². The Balaban J connectivity index is 1.51. The lowest BCUT2D eigenvalue weighted by molar-refractivity contribution is 0.0125. The summed E-state index contributed by atoms with van der Waals surface area (Å²) in [5.41, 5.74) is 0. The molecule has 1 saturated heterocycles. The Bertz CT molecular complexity index is 325. The second-order valence-electron chi connectivity index (χ2n) is 4.75. The summed E-state index contributed by atoms with van der Waals surface area (Å²) in [6, 6.07) is 1.87. The van der Waals surface area contributed by atoms with Crippen LogP contribution in [0.4, 0.5) is 5.82 Å². The van der Waals surface area contributed by atoms with Crippen LogP contribution >= 0.6 is 0 Å². The predicted molar refractivity (Wildman–Crippen MR) is 71.6 cm³/mol. The number of piperidine rings is 1. The number of nitrogens with zero attached hydrogens (tertiary/aromatic N) is 3. The zero-order valence-electron chi connectivity index (χ0n) is 11.0. The smallest absolute Gasteiger partial charge is 0.129 e. The van der Waals surface area contributed by atoms with Gasteiger partial charge in [-0.1, -0.05) is 0 Å². The van der Waals surface area contributed by atoms with Crippen molar-refractivity contribution in [2.75, 3.05) is 38.6 Å². The molecule has 2 rings (SSSR count). The summed E-state index contributed by atoms with van der Waals surface area (Å²) in [6.07, 6.45) is 7.09. The lowest BCUT2D eigenvalue weighted by atomic mass is 10.1. The molecule has 0 amide bonds. The minimum atomic E-state index is 0.459. The zero-order valence-corrected chi connectivity index (χ0v) is 11.0. The molecule has 0 saturated carbocycles. The van der Waals surface area contributed by atoms with Crippen LogP contribution in [0.3, 0.4) is 0 Å². The molecule has 0 radical (unpaired) electrons. The van der Waals surface area contributed by atoms with Crippen molar-refractivity contribution in [1.29, 1.82) is 0 Å². The molecule has 1 N–H and O–H groups in total. The fourth-order valence-corrected chi connectivity index (χ4v) is 2.09. The number of likely N-dealkylation sites (tertiary alicyclic amines) is 1. The van der Waals surface area contributed by atoms with E-state index in [0.717, 1.165) is 51.3 Å². The summed E-state index contributed by atoms with van der Waals surface area (Å²) in [7, 11) is 2.17. The third-order valence-electron chi connectivity index (χ3n) is 3.23. The number of anilines is 1. The number of rotatable bonds is 6. The number of hydrogen-bond acceptors (Lipinski definition) is 5. The van der Waals surface area contributed by atoms with Gasteiger partial charge in [-0.2, -0.15) is 0 Å². The lowest BCUT2D eigenvalue weighted by Gasteiger charge is -2.28. The molecule has 0 aliphatic carbocycles. The van der Waals surface area contributed by atoms with Crippen LogP contribution in [-0.4, -0.2) is 54.3 Å². The molecule has 5 nitrogen and oxygen atoms in total. The maximum absolute atomic E-state index is 5.87. The first-order valence-corrected chi connectivity index (χ1v) is 6.64. The van der Waals surface area contributed by atoms with Gasteiger partial charge in [0.1, 0.15) is 12.1 Å². The van der Waals surface area contributed by atoms with Crippen LogP contribution in [0.1, 0.15) is 19.3 Å². The second-order valence-corrected chi connectivity index (χ2v) is 4.75. The molecule has 0 atom stereocenters. The second kappa shape index (κ2) is 7.28. The van der Waals surface area contributed by atoms with Crippen LogP contribution in [0.2, 0.25) is 0 Å². The van der Waals surface area contributed by atoms with Gasteiger partial charge in [0.05, 0.1) is 6.10 Å². The van der Waals surface area contributed by atoms with Crippen LogP contribution in [0.25, 0.3) is 0 Å². The highest BCUT2D eigenvalue weighted by Gasteiger charge is 2.16. The minimum Gasteiger partial charge on any atom is -0.378 e. The number of ether oxygens (including phenoxy) is 1. The van der Waals surface area contributed by atoms with Gasteiger partial charge >= 0.3 is 0 Å². The first kappa shape index (κ1) is 13.2. The third kappa shape index (κ3) is 4.58. The Labute approximate surface area is 109 Å². The Hall–Kier alpha value is -1.20. The van der Waals surface area contributed by atoms with E-state index in [-0.39, 0.29) is 0 Å². The summed E-state index contributed by atoms with van der Waals surface area (Å²) < 4.78 is 5.87. The molecule has 1 fully saturated rings. The lowest BCUT2D eigenvalue weighted by Crippen LogP contribution is -2.34. The Morgan fingerprint density at radius 2 is 2.28 bits per heavy atom. The van der Waals surface area contributed by atoms with E-state index in [4.69, 9.17) is 4.74 Å². The van der Waals surface area contributed by atoms with Gasteiger partial charge in [0.25, 0.3) is 0 Å². The average molecular weight is 250 g/mol. The molecule has 2 heterocycles. The van der Waals surface area contributed by atoms with Crippen molar-refractivity contribution < 1.29 is 4.74 Å². The molecule has 18 heavy (non-hydrogen) atoms. The molecule has 1 aliphatic heterocycles. The van der Waals surface area contributed by atoms with Gasteiger partial charge in [-0.3, -0.25) is 0 Å². The number of aromatic nitrogens is 2. The van der Waals surface area contributed by atoms with Crippen LogP contribution in [0.5, 0.6) is 0 Å². The summed E-state index contributed by atoms with van der Waals surface area (Å²) in [5, 5.41) is 3.25. The normalized spacial score (nSPS) is 17.8. The highest BCUT2D eigenvalue weighted by atomic mass is 16.5. The fraction of sp³-hybridized carbons (Fsp3) is 0.692. The molecule has 0 spiro atoms. The molecule has 5 heteroatoms. The largest absolute Gasteiger partial charge is 0.378 e. The van der Waals surface area contributed by atoms with E-state index < -0.39 is 0 Å². The topological polar surface area (TPSA) is 50.3 Å². The molecule has 0 aromatic carbocycles. The van der Waals surface area contributed by atoms with E-state index in [1.165, 1.54) is 0 Å². The Kier molecular flexibility index (Phi) is 5.36. The fourth-order valence-electron chi connectivity index (χ4n) is 2.09. The first-order valence-electron chi connectivity index (χ1n) is 6.64. The summed E-state index contributed by atoms with van der Waals surface area (Å²) >= 11 is 0. The van der Waals surface area contributed by atoms with Gasteiger partial charge < -0.3 is 15.0 Å². The summed E-state index contributed by atoms with van der Waals surface area (Å²) in [6.45, 7) is 4.03. The van der Waals surface area contributed by atoms with E-state index >= 15 is 0 Å². The molecule has 0 unspecified atom stereocenters. The summed E-state index contributed by atoms with van der Waals surface area (Å²) in [5.74, 6) is 0.879. The highest BCUT2D eigenvalue weighted by Crippen LogP contribution is 2.12. The van der Waals surface area contributed by atoms with E-state index in [1.807, 2.05) is 6.07 Å². The molecule has 1 aromatic heterocycles. The molecule has 100 valence electrons. The number of hydrogen-bond donors (Lipinski definition) is 1. The standard InChI is InChI=1S/C13H22N4O/c1-17-8-4-12(5-9-17)18-10-2-6-15-13-3-7-14-11-16-13/h3,7,11-12H,2,4-6,8-10H2,1H3,(H,14,15,16). The van der Waals surface area contributed by atoms with Crippen LogP contribution in [-0.2, 0) is 4.74 Å². The highest BCUT2D eigenvalue weighted by molar-refractivity contribution is 5.30. The van der Waals surface area contributed by atoms with E-state index in [0.29, 0.717) is 6.10 Å². The first-order chi connectivity index (χ1) is 8.84. The predicted octanol–water partition coefficient (Wildman–Crippen LogP) is 1.39. The van der Waals surface area contributed by atoms with Crippen LogP contribution in [0, 0.1) is 0 Å². The molecular weight excluding hydrogens is 228 g/mol. The molecule has 1 aromatic rings. The van der Waals surface area contributed by atoms with Crippen molar-refractivity contribution >= 4 is 5.82 Å². The number of nitrogens with one attached hydrogen (secondary N) is 1. The van der Waals surface area contributed by atoms with E-state index in [2.05, 4.69) is 27.2 Å². The van der Waals surface area contributed by atoms with Gasteiger partial charge in [-0.15, -0.1) is 0 Å². The quantitative estimate of drug-likeness (QED) is 0.773. The van der Waals surface area contributed by atoms with Gasteiger partial charge in [0.2, 0.25) is 0 Å². The Morgan fingerprint density at radius 1 is 1.44 bits per heavy atom. The van der Waals surface area contributed by atoms with Crippen LogP contribution in [0.15, 0.2) is 18.6 Å². The van der Waals surface area contributed by atoms with E-state index in [1.54, 1.807) is 12.5 Å². The minimum absolute atomic E-state index is 0.459. The van der Waals surface area contributed by atoms with Gasteiger partial charge in [-0.05, 0) is 32.4 Å². The third-order valence-corrected chi connectivity index (χ3v) is 3.23. The monoisotopic (exact) mass is 250 g/mol. The van der Waals surface area contributed by atoms with Gasteiger partial charge in [0, 0.05) is 32.4 Å². The zero-order chi connectivity index (χ0) is 12.6. The van der Waals surface area contributed by atoms with Crippen molar-refractivity contribution in [2.45, 2.75) is 25.4 Å². The molecule has 0 bridgehead atoms. The average Bonchev–Trinajstić information content (AvgIpc) is 2.42. The van der Waals surface area contributed by atoms with Gasteiger partial charge in [-0.25, -0.2) is 9.97 Å². The molecule has 1 aliphatic rings. The van der Waals surface area contributed by atoms with Crippen molar-refractivity contribution in [1.82, 2.24) is 14.9 Å².